The molecule has 1 atom stereocenters. The molecule has 2 aliphatic rings. The van der Waals surface area contributed by atoms with E-state index in [0.29, 0.717) is 12.6 Å². The van der Waals surface area contributed by atoms with Crippen molar-refractivity contribution in [1.82, 2.24) is 25.0 Å². The van der Waals surface area contributed by atoms with Crippen molar-refractivity contribution in [3.05, 3.63) is 11.6 Å². The van der Waals surface area contributed by atoms with Gasteiger partial charge < -0.3 is 19.5 Å². The number of ether oxygens (including phenoxy) is 1. The van der Waals surface area contributed by atoms with Gasteiger partial charge in [-0.1, -0.05) is 0 Å². The van der Waals surface area contributed by atoms with Gasteiger partial charge in [-0.05, 0) is 20.0 Å². The minimum Gasteiger partial charge on any atom is -0.372 e. The van der Waals surface area contributed by atoms with Gasteiger partial charge in [-0.15, -0.1) is 10.2 Å². The summed E-state index contributed by atoms with van der Waals surface area (Å²) in [6.07, 6.45) is 1.09. The standard InChI is InChI=1S/C11H19N5O/c1-15-4-2-9(12-3-5-15)11-14-13-10-8-17-7-6-16(10)11/h9,12H,2-8H2,1H3. The highest BCUT2D eigenvalue weighted by Gasteiger charge is 2.24. The summed E-state index contributed by atoms with van der Waals surface area (Å²) in [5.41, 5.74) is 0. The highest BCUT2D eigenvalue weighted by Crippen LogP contribution is 2.20. The minimum atomic E-state index is 0.333. The molecule has 0 spiro atoms. The second-order valence-corrected chi connectivity index (χ2v) is 4.78. The fraction of sp³-hybridized carbons (Fsp3) is 0.818. The summed E-state index contributed by atoms with van der Waals surface area (Å²) < 4.78 is 7.60. The second-order valence-electron chi connectivity index (χ2n) is 4.78. The molecule has 1 fully saturated rings. The van der Waals surface area contributed by atoms with Crippen molar-refractivity contribution < 1.29 is 4.74 Å². The normalized spacial score (nSPS) is 26.5. The lowest BCUT2D eigenvalue weighted by molar-refractivity contribution is 0.0800. The van der Waals surface area contributed by atoms with Crippen LogP contribution in [0.4, 0.5) is 0 Å². The molecule has 1 aromatic rings. The van der Waals surface area contributed by atoms with Crippen molar-refractivity contribution in [3.63, 3.8) is 0 Å². The smallest absolute Gasteiger partial charge is 0.159 e. The Morgan fingerprint density at radius 1 is 1.29 bits per heavy atom. The lowest BCUT2D eigenvalue weighted by Crippen LogP contribution is -2.28. The van der Waals surface area contributed by atoms with E-state index in [1.807, 2.05) is 0 Å². The number of hydrogen-bond acceptors (Lipinski definition) is 5. The Morgan fingerprint density at radius 3 is 3.18 bits per heavy atom. The lowest BCUT2D eigenvalue weighted by atomic mass is 10.2. The molecule has 6 heteroatoms. The first-order valence-electron chi connectivity index (χ1n) is 6.26. The highest BCUT2D eigenvalue weighted by molar-refractivity contribution is 5.03. The summed E-state index contributed by atoms with van der Waals surface area (Å²) >= 11 is 0. The molecule has 1 N–H and O–H groups in total. The molecule has 2 aliphatic heterocycles. The van der Waals surface area contributed by atoms with E-state index in [2.05, 4.69) is 32.0 Å². The molecule has 1 saturated heterocycles. The van der Waals surface area contributed by atoms with Gasteiger partial charge in [0.1, 0.15) is 12.4 Å². The van der Waals surface area contributed by atoms with E-state index >= 15 is 0 Å². The average molecular weight is 237 g/mol. The summed E-state index contributed by atoms with van der Waals surface area (Å²) in [5, 5.41) is 12.1. The van der Waals surface area contributed by atoms with Crippen LogP contribution in [0, 0.1) is 0 Å². The van der Waals surface area contributed by atoms with Crippen LogP contribution in [0.15, 0.2) is 0 Å². The topological polar surface area (TPSA) is 55.2 Å². The molecule has 0 radical (unpaired) electrons. The zero-order chi connectivity index (χ0) is 11.7. The Labute approximate surface area is 101 Å². The first-order valence-corrected chi connectivity index (χ1v) is 6.26. The van der Waals surface area contributed by atoms with Gasteiger partial charge in [0.25, 0.3) is 0 Å². The molecule has 0 aliphatic carbocycles. The van der Waals surface area contributed by atoms with Crippen molar-refractivity contribution in [2.75, 3.05) is 33.3 Å². The van der Waals surface area contributed by atoms with Gasteiger partial charge in [0, 0.05) is 19.6 Å². The maximum Gasteiger partial charge on any atom is 0.159 e. The molecule has 94 valence electrons. The molecule has 1 unspecified atom stereocenters. The zero-order valence-corrected chi connectivity index (χ0v) is 10.2. The van der Waals surface area contributed by atoms with Crippen molar-refractivity contribution in [2.24, 2.45) is 0 Å². The summed E-state index contributed by atoms with van der Waals surface area (Å²) in [5.74, 6) is 2.05. The minimum absolute atomic E-state index is 0.333. The van der Waals surface area contributed by atoms with E-state index in [1.165, 1.54) is 0 Å². The number of fused-ring (bicyclic) bond motifs is 1. The van der Waals surface area contributed by atoms with Crippen LogP contribution in [0.5, 0.6) is 0 Å². The molecule has 6 nitrogen and oxygen atoms in total. The summed E-state index contributed by atoms with van der Waals surface area (Å²) in [6.45, 7) is 5.47. The average Bonchev–Trinajstić information content (AvgIpc) is 2.66. The molecule has 0 bridgehead atoms. The van der Waals surface area contributed by atoms with Gasteiger partial charge in [0.2, 0.25) is 0 Å². The lowest BCUT2D eigenvalue weighted by Gasteiger charge is -2.20. The number of rotatable bonds is 1. The fourth-order valence-corrected chi connectivity index (χ4v) is 2.49. The predicted molar refractivity (Wildman–Crippen MR) is 62.5 cm³/mol. The number of likely N-dealkylation sites (N-methyl/N-ethyl adjacent to an activating group) is 1. The Bertz CT molecular complexity index is 391. The predicted octanol–water partition coefficient (Wildman–Crippen LogP) is -0.225. The van der Waals surface area contributed by atoms with E-state index < -0.39 is 0 Å². The molecule has 0 saturated carbocycles. The maximum atomic E-state index is 5.39. The van der Waals surface area contributed by atoms with Crippen LogP contribution >= 0.6 is 0 Å². The Balaban J connectivity index is 1.81. The molecule has 0 aromatic carbocycles. The van der Waals surface area contributed by atoms with Crippen molar-refractivity contribution >= 4 is 0 Å². The third-order valence-electron chi connectivity index (χ3n) is 3.54. The molecular weight excluding hydrogens is 218 g/mol. The summed E-state index contributed by atoms with van der Waals surface area (Å²) in [6, 6.07) is 0.333. The van der Waals surface area contributed by atoms with E-state index in [4.69, 9.17) is 4.74 Å². The van der Waals surface area contributed by atoms with Crippen LogP contribution < -0.4 is 5.32 Å². The van der Waals surface area contributed by atoms with Crippen molar-refractivity contribution in [1.29, 1.82) is 0 Å². The van der Waals surface area contributed by atoms with Gasteiger partial charge in [0.15, 0.2) is 5.82 Å². The van der Waals surface area contributed by atoms with Crippen LogP contribution in [-0.2, 0) is 17.9 Å². The van der Waals surface area contributed by atoms with Crippen LogP contribution in [0.25, 0.3) is 0 Å². The molecule has 17 heavy (non-hydrogen) atoms. The number of hydrogen-bond donors (Lipinski definition) is 1. The zero-order valence-electron chi connectivity index (χ0n) is 10.2. The van der Waals surface area contributed by atoms with Crippen molar-refractivity contribution in [3.8, 4) is 0 Å². The fourth-order valence-electron chi connectivity index (χ4n) is 2.49. The van der Waals surface area contributed by atoms with E-state index in [0.717, 1.165) is 50.9 Å². The summed E-state index contributed by atoms with van der Waals surface area (Å²) in [7, 11) is 2.16. The molecule has 3 rings (SSSR count). The maximum absolute atomic E-state index is 5.39. The molecule has 0 amide bonds. The first-order chi connectivity index (χ1) is 8.34. The number of aromatic nitrogens is 3. The number of nitrogens with zero attached hydrogens (tertiary/aromatic N) is 4. The Kier molecular flexibility index (Phi) is 3.09. The van der Waals surface area contributed by atoms with E-state index in [1.54, 1.807) is 0 Å². The third kappa shape index (κ3) is 2.20. The number of nitrogens with one attached hydrogen (secondary N) is 1. The van der Waals surface area contributed by atoms with Crippen LogP contribution in [0.2, 0.25) is 0 Å². The molecular formula is C11H19N5O. The van der Waals surface area contributed by atoms with Gasteiger partial charge in [0.05, 0.1) is 12.6 Å². The monoisotopic (exact) mass is 237 g/mol. The second kappa shape index (κ2) is 4.72. The van der Waals surface area contributed by atoms with Crippen LogP contribution in [0.3, 0.4) is 0 Å². The Hall–Kier alpha value is -0.980. The summed E-state index contributed by atoms with van der Waals surface area (Å²) in [4.78, 5) is 2.35. The molecule has 3 heterocycles. The van der Waals surface area contributed by atoms with Crippen molar-refractivity contribution in [2.45, 2.75) is 25.6 Å². The van der Waals surface area contributed by atoms with Gasteiger partial charge in [-0.25, -0.2) is 0 Å². The largest absolute Gasteiger partial charge is 0.372 e. The first kappa shape index (κ1) is 11.1. The van der Waals surface area contributed by atoms with E-state index in [-0.39, 0.29) is 0 Å². The quantitative estimate of drug-likeness (QED) is 0.731. The van der Waals surface area contributed by atoms with Gasteiger partial charge in [-0.2, -0.15) is 0 Å². The van der Waals surface area contributed by atoms with Crippen LogP contribution in [0.1, 0.15) is 24.1 Å². The Morgan fingerprint density at radius 2 is 2.24 bits per heavy atom. The molecule has 1 aromatic heterocycles. The van der Waals surface area contributed by atoms with Gasteiger partial charge >= 0.3 is 0 Å². The third-order valence-corrected chi connectivity index (χ3v) is 3.54. The van der Waals surface area contributed by atoms with Crippen LogP contribution in [-0.4, -0.2) is 53.0 Å². The van der Waals surface area contributed by atoms with E-state index in [9.17, 15) is 0 Å². The highest BCUT2D eigenvalue weighted by atomic mass is 16.5. The van der Waals surface area contributed by atoms with Gasteiger partial charge in [-0.3, -0.25) is 0 Å². The SMILES string of the molecule is CN1CCNC(c2nnc3n2CCOC3)CC1.